The number of aryl methyl sites for hydroxylation is 2. The summed E-state index contributed by atoms with van der Waals surface area (Å²) in [6.07, 6.45) is 4.83. The van der Waals surface area contributed by atoms with Gasteiger partial charge in [0.15, 0.2) is 0 Å². The molecule has 0 N–H and O–H groups in total. The maximum atomic E-state index is 6.39. The fourth-order valence-corrected chi connectivity index (χ4v) is 6.89. The highest BCUT2D eigenvalue weighted by Gasteiger charge is 2.29. The standard InChI is InChI=1S/C27H27ClN4S/c28-27-29-25(23-21-13-7-8-14-22(21)33-26(23)30-27)32-17-15-31(16-18-32)24(19-9-3-1-4-10-19)20-11-5-2-6-12-20/h1-6,9-12,24H,7-8,13-18H2. The zero-order valence-electron chi connectivity index (χ0n) is 18.6. The second kappa shape index (κ2) is 9.05. The average molecular weight is 475 g/mol. The van der Waals surface area contributed by atoms with Gasteiger partial charge in [0, 0.05) is 31.1 Å². The van der Waals surface area contributed by atoms with Crippen molar-refractivity contribution in [1.29, 1.82) is 0 Å². The number of rotatable bonds is 4. The summed E-state index contributed by atoms with van der Waals surface area (Å²) < 4.78 is 0. The number of hydrogen-bond acceptors (Lipinski definition) is 5. The van der Waals surface area contributed by atoms with Gasteiger partial charge in [0.05, 0.1) is 11.4 Å². The van der Waals surface area contributed by atoms with Gasteiger partial charge >= 0.3 is 0 Å². The molecule has 0 radical (unpaired) electrons. The Kier molecular flexibility index (Phi) is 5.78. The van der Waals surface area contributed by atoms with Crippen LogP contribution in [0.2, 0.25) is 5.28 Å². The fraction of sp³-hybridized carbons (Fsp3) is 0.333. The summed E-state index contributed by atoms with van der Waals surface area (Å²) in [4.78, 5) is 16.9. The maximum absolute atomic E-state index is 6.39. The highest BCUT2D eigenvalue weighted by atomic mass is 35.5. The van der Waals surface area contributed by atoms with Crippen molar-refractivity contribution < 1.29 is 0 Å². The Morgan fingerprint density at radius 1 is 0.788 bits per heavy atom. The molecular formula is C27H27ClN4S. The van der Waals surface area contributed by atoms with Crippen LogP contribution in [0.25, 0.3) is 10.2 Å². The summed E-state index contributed by atoms with van der Waals surface area (Å²) in [5, 5.41) is 1.63. The van der Waals surface area contributed by atoms with Crippen molar-refractivity contribution in [2.75, 3.05) is 31.1 Å². The summed E-state index contributed by atoms with van der Waals surface area (Å²) in [5.74, 6) is 1.04. The van der Waals surface area contributed by atoms with Crippen LogP contribution in [-0.2, 0) is 12.8 Å². The molecule has 0 saturated carbocycles. The van der Waals surface area contributed by atoms with E-state index in [2.05, 4.69) is 75.4 Å². The lowest BCUT2D eigenvalue weighted by molar-refractivity contribution is 0.212. The molecule has 1 aliphatic heterocycles. The smallest absolute Gasteiger partial charge is 0.225 e. The van der Waals surface area contributed by atoms with E-state index in [9.17, 15) is 0 Å². The van der Waals surface area contributed by atoms with Gasteiger partial charge in [-0.25, -0.2) is 4.98 Å². The molecule has 0 amide bonds. The Morgan fingerprint density at radius 3 is 2.09 bits per heavy atom. The Balaban J connectivity index is 1.30. The predicted molar refractivity (Wildman–Crippen MR) is 138 cm³/mol. The van der Waals surface area contributed by atoms with E-state index in [-0.39, 0.29) is 6.04 Å². The first-order valence-corrected chi connectivity index (χ1v) is 13.0. The van der Waals surface area contributed by atoms with Crippen molar-refractivity contribution in [2.24, 2.45) is 0 Å². The Bertz CT molecular complexity index is 1210. The van der Waals surface area contributed by atoms with Gasteiger partial charge < -0.3 is 4.90 Å². The van der Waals surface area contributed by atoms with Crippen LogP contribution in [0.15, 0.2) is 60.7 Å². The maximum Gasteiger partial charge on any atom is 0.225 e. The molecule has 6 rings (SSSR count). The molecule has 168 valence electrons. The van der Waals surface area contributed by atoms with Crippen LogP contribution in [0.3, 0.4) is 0 Å². The third-order valence-corrected chi connectivity index (χ3v) is 8.33. The number of hydrogen-bond donors (Lipinski definition) is 0. The van der Waals surface area contributed by atoms with E-state index in [0.29, 0.717) is 5.28 Å². The number of halogens is 1. The molecular weight excluding hydrogens is 448 g/mol. The van der Waals surface area contributed by atoms with Crippen LogP contribution in [0.5, 0.6) is 0 Å². The normalized spacial score (nSPS) is 17.0. The van der Waals surface area contributed by atoms with Crippen LogP contribution in [0.4, 0.5) is 5.82 Å². The molecule has 3 heterocycles. The molecule has 4 aromatic rings. The van der Waals surface area contributed by atoms with Crippen LogP contribution in [-0.4, -0.2) is 41.0 Å². The number of piperazine rings is 1. The topological polar surface area (TPSA) is 32.3 Å². The minimum atomic E-state index is 0.262. The molecule has 1 aliphatic carbocycles. The van der Waals surface area contributed by atoms with Gasteiger partial charge in [-0.2, -0.15) is 4.98 Å². The van der Waals surface area contributed by atoms with Gasteiger partial charge in [-0.05, 0) is 54.0 Å². The fourth-order valence-electron chi connectivity index (χ4n) is 5.42. The zero-order chi connectivity index (χ0) is 22.2. The Labute approximate surface area is 203 Å². The highest BCUT2D eigenvalue weighted by molar-refractivity contribution is 7.19. The summed E-state index contributed by atoms with van der Waals surface area (Å²) in [7, 11) is 0. The van der Waals surface area contributed by atoms with Crippen LogP contribution in [0.1, 0.15) is 40.5 Å². The number of thiophene rings is 1. The predicted octanol–water partition coefficient (Wildman–Crippen LogP) is 6.14. The molecule has 6 heteroatoms. The van der Waals surface area contributed by atoms with Crippen molar-refractivity contribution in [3.63, 3.8) is 0 Å². The zero-order valence-corrected chi connectivity index (χ0v) is 20.2. The summed E-state index contributed by atoms with van der Waals surface area (Å²) >= 11 is 8.21. The second-order valence-corrected chi connectivity index (χ2v) is 10.4. The number of fused-ring (bicyclic) bond motifs is 3. The van der Waals surface area contributed by atoms with Crippen LogP contribution in [0, 0.1) is 0 Å². The first-order valence-electron chi connectivity index (χ1n) is 11.8. The monoisotopic (exact) mass is 474 g/mol. The van der Waals surface area contributed by atoms with E-state index >= 15 is 0 Å². The van der Waals surface area contributed by atoms with E-state index in [1.54, 1.807) is 0 Å². The molecule has 0 atom stereocenters. The third kappa shape index (κ3) is 4.03. The molecule has 0 spiro atoms. The van der Waals surface area contributed by atoms with Crippen LogP contribution >= 0.6 is 22.9 Å². The van der Waals surface area contributed by atoms with Gasteiger partial charge in [-0.3, -0.25) is 4.90 Å². The quantitative estimate of drug-likeness (QED) is 0.333. The summed E-state index contributed by atoms with van der Waals surface area (Å²) in [6.45, 7) is 3.82. The van der Waals surface area contributed by atoms with Gasteiger partial charge in [0.1, 0.15) is 10.6 Å². The second-order valence-electron chi connectivity index (χ2n) is 8.95. The lowest BCUT2D eigenvalue weighted by Gasteiger charge is -2.40. The molecule has 4 nitrogen and oxygen atoms in total. The van der Waals surface area contributed by atoms with Gasteiger partial charge in [-0.1, -0.05) is 60.7 Å². The van der Waals surface area contributed by atoms with Crippen LogP contribution < -0.4 is 4.90 Å². The molecule has 2 aromatic carbocycles. The van der Waals surface area contributed by atoms with E-state index in [0.717, 1.165) is 49.7 Å². The average Bonchev–Trinajstić information content (AvgIpc) is 3.24. The number of benzene rings is 2. The van der Waals surface area contributed by atoms with Crippen molar-refractivity contribution in [3.05, 3.63) is 87.5 Å². The third-order valence-electron chi connectivity index (χ3n) is 6.98. The van der Waals surface area contributed by atoms with Crippen molar-refractivity contribution in [1.82, 2.24) is 14.9 Å². The molecule has 0 unspecified atom stereocenters. The highest BCUT2D eigenvalue weighted by Crippen LogP contribution is 2.41. The number of anilines is 1. The van der Waals surface area contributed by atoms with E-state index in [4.69, 9.17) is 16.6 Å². The first-order chi connectivity index (χ1) is 16.3. The molecule has 1 saturated heterocycles. The van der Waals surface area contributed by atoms with Crippen molar-refractivity contribution in [3.8, 4) is 0 Å². The molecule has 0 bridgehead atoms. The Hall–Kier alpha value is -2.47. The SMILES string of the molecule is Clc1nc(N2CCN(C(c3ccccc3)c3ccccc3)CC2)c2c3c(sc2n1)CCCC3. The van der Waals surface area contributed by atoms with E-state index < -0.39 is 0 Å². The molecule has 33 heavy (non-hydrogen) atoms. The van der Waals surface area contributed by atoms with E-state index in [1.807, 2.05) is 11.3 Å². The van der Waals surface area contributed by atoms with Gasteiger partial charge in [-0.15, -0.1) is 11.3 Å². The lowest BCUT2D eigenvalue weighted by atomic mass is 9.96. The van der Waals surface area contributed by atoms with E-state index in [1.165, 1.54) is 39.8 Å². The summed E-state index contributed by atoms with van der Waals surface area (Å²) in [5.41, 5.74) is 4.16. The first kappa shape index (κ1) is 21.1. The summed E-state index contributed by atoms with van der Waals surface area (Å²) in [6, 6.07) is 22.0. The number of aromatic nitrogens is 2. The number of nitrogens with zero attached hydrogens (tertiary/aromatic N) is 4. The minimum Gasteiger partial charge on any atom is -0.353 e. The minimum absolute atomic E-state index is 0.262. The van der Waals surface area contributed by atoms with Gasteiger partial charge in [0.25, 0.3) is 0 Å². The van der Waals surface area contributed by atoms with Gasteiger partial charge in [0.2, 0.25) is 5.28 Å². The molecule has 2 aromatic heterocycles. The molecule has 1 fully saturated rings. The lowest BCUT2D eigenvalue weighted by Crippen LogP contribution is -2.48. The largest absolute Gasteiger partial charge is 0.353 e. The molecule has 2 aliphatic rings. The Morgan fingerprint density at radius 2 is 1.42 bits per heavy atom. The van der Waals surface area contributed by atoms with Crippen molar-refractivity contribution in [2.45, 2.75) is 31.7 Å². The van der Waals surface area contributed by atoms with Crippen molar-refractivity contribution >= 4 is 39.0 Å².